The molecule has 132 valence electrons. The van der Waals surface area contributed by atoms with Crippen LogP contribution in [-0.4, -0.2) is 32.1 Å². The van der Waals surface area contributed by atoms with Crippen molar-refractivity contribution in [1.29, 1.82) is 0 Å². The SMILES string of the molecule is COc1ccc(OC)c(/C=C/C(=O)N(C)Cc2ccc(Cl)cc2Cl)c1. The summed E-state index contributed by atoms with van der Waals surface area (Å²) < 4.78 is 10.5. The van der Waals surface area contributed by atoms with Crippen LogP contribution in [0.3, 0.4) is 0 Å². The number of halogens is 2. The van der Waals surface area contributed by atoms with Gasteiger partial charge in [-0.25, -0.2) is 0 Å². The zero-order valence-corrected chi connectivity index (χ0v) is 15.8. The smallest absolute Gasteiger partial charge is 0.246 e. The van der Waals surface area contributed by atoms with Crippen LogP contribution in [0.4, 0.5) is 0 Å². The van der Waals surface area contributed by atoms with Gasteiger partial charge in [-0.15, -0.1) is 0 Å². The molecule has 2 rings (SSSR count). The maximum absolute atomic E-state index is 12.4. The van der Waals surface area contributed by atoms with Gasteiger partial charge in [0.25, 0.3) is 0 Å². The van der Waals surface area contributed by atoms with E-state index < -0.39 is 0 Å². The summed E-state index contributed by atoms with van der Waals surface area (Å²) in [6.07, 6.45) is 3.19. The van der Waals surface area contributed by atoms with Gasteiger partial charge >= 0.3 is 0 Å². The number of hydrogen-bond donors (Lipinski definition) is 0. The van der Waals surface area contributed by atoms with Crippen LogP contribution in [0.2, 0.25) is 10.0 Å². The molecule has 0 unspecified atom stereocenters. The Morgan fingerprint density at radius 1 is 1.12 bits per heavy atom. The molecule has 1 amide bonds. The average Bonchev–Trinajstić information content (AvgIpc) is 2.61. The molecule has 0 saturated carbocycles. The lowest BCUT2D eigenvalue weighted by Crippen LogP contribution is -2.24. The molecular formula is C19H19Cl2NO3. The molecule has 4 nitrogen and oxygen atoms in total. The van der Waals surface area contributed by atoms with E-state index in [4.69, 9.17) is 32.7 Å². The summed E-state index contributed by atoms with van der Waals surface area (Å²) >= 11 is 12.0. The fraction of sp³-hybridized carbons (Fsp3) is 0.211. The Kier molecular flexibility index (Phi) is 6.73. The standard InChI is InChI=1S/C19H19Cl2NO3/c1-22(12-14-4-6-15(20)11-17(14)21)19(23)9-5-13-10-16(24-2)7-8-18(13)25-3/h4-11H,12H2,1-3H3/b9-5+. The normalized spacial score (nSPS) is 10.8. The number of ether oxygens (including phenoxy) is 2. The molecule has 2 aromatic carbocycles. The number of methoxy groups -OCH3 is 2. The predicted octanol–water partition coefficient (Wildman–Crippen LogP) is 4.68. The van der Waals surface area contributed by atoms with E-state index >= 15 is 0 Å². The highest BCUT2D eigenvalue weighted by atomic mass is 35.5. The minimum Gasteiger partial charge on any atom is -0.497 e. The first-order valence-corrected chi connectivity index (χ1v) is 8.29. The van der Waals surface area contributed by atoms with E-state index in [1.54, 1.807) is 62.6 Å². The second-order valence-corrected chi connectivity index (χ2v) is 6.21. The van der Waals surface area contributed by atoms with E-state index in [-0.39, 0.29) is 5.91 Å². The van der Waals surface area contributed by atoms with Crippen LogP contribution in [-0.2, 0) is 11.3 Å². The molecule has 0 aliphatic rings. The van der Waals surface area contributed by atoms with Crippen LogP contribution in [0.15, 0.2) is 42.5 Å². The molecule has 0 atom stereocenters. The quantitative estimate of drug-likeness (QED) is 0.683. The Hall–Kier alpha value is -2.17. The van der Waals surface area contributed by atoms with Crippen molar-refractivity contribution < 1.29 is 14.3 Å². The molecule has 0 aliphatic heterocycles. The number of likely N-dealkylation sites (N-methyl/N-ethyl adjacent to an activating group) is 1. The third-order valence-electron chi connectivity index (χ3n) is 3.64. The maximum Gasteiger partial charge on any atom is 0.246 e. The molecule has 0 fully saturated rings. The number of carbonyl (C=O) groups excluding carboxylic acids is 1. The van der Waals surface area contributed by atoms with Crippen molar-refractivity contribution in [3.05, 3.63) is 63.6 Å². The zero-order valence-electron chi connectivity index (χ0n) is 14.3. The molecule has 0 aliphatic carbocycles. The Bertz CT molecular complexity index is 790. The van der Waals surface area contributed by atoms with Crippen LogP contribution in [0.25, 0.3) is 6.08 Å². The average molecular weight is 380 g/mol. The molecule has 25 heavy (non-hydrogen) atoms. The highest BCUT2D eigenvalue weighted by Crippen LogP contribution is 2.25. The number of amides is 1. The first kappa shape index (κ1) is 19.2. The van der Waals surface area contributed by atoms with Crippen molar-refractivity contribution >= 4 is 35.2 Å². The summed E-state index contributed by atoms with van der Waals surface area (Å²) in [4.78, 5) is 13.9. The minimum absolute atomic E-state index is 0.157. The van der Waals surface area contributed by atoms with Crippen LogP contribution in [0.5, 0.6) is 11.5 Å². The minimum atomic E-state index is -0.157. The van der Waals surface area contributed by atoms with Gasteiger partial charge in [-0.3, -0.25) is 4.79 Å². The predicted molar refractivity (Wildman–Crippen MR) is 102 cm³/mol. The molecule has 0 radical (unpaired) electrons. The summed E-state index contributed by atoms with van der Waals surface area (Å²) in [5, 5.41) is 1.10. The molecule has 0 N–H and O–H groups in total. The van der Waals surface area contributed by atoms with Gasteiger partial charge in [0.05, 0.1) is 14.2 Å². The molecule has 2 aromatic rings. The third kappa shape index (κ3) is 5.15. The van der Waals surface area contributed by atoms with Gasteiger partial charge in [-0.1, -0.05) is 29.3 Å². The number of benzene rings is 2. The van der Waals surface area contributed by atoms with E-state index in [9.17, 15) is 4.79 Å². The molecule has 0 aromatic heterocycles. The van der Waals surface area contributed by atoms with E-state index in [0.29, 0.717) is 28.1 Å². The lowest BCUT2D eigenvalue weighted by molar-refractivity contribution is -0.125. The highest BCUT2D eigenvalue weighted by molar-refractivity contribution is 6.35. The number of rotatable bonds is 6. The third-order valence-corrected chi connectivity index (χ3v) is 4.23. The number of nitrogens with zero attached hydrogens (tertiary/aromatic N) is 1. The lowest BCUT2D eigenvalue weighted by Gasteiger charge is -2.16. The number of hydrogen-bond acceptors (Lipinski definition) is 3. The highest BCUT2D eigenvalue weighted by Gasteiger charge is 2.10. The maximum atomic E-state index is 12.4. The van der Waals surface area contributed by atoms with Crippen LogP contribution in [0, 0.1) is 0 Å². The molecular weight excluding hydrogens is 361 g/mol. The molecule has 6 heteroatoms. The van der Waals surface area contributed by atoms with Crippen molar-refractivity contribution in [2.75, 3.05) is 21.3 Å². The summed E-state index contributed by atoms with van der Waals surface area (Å²) in [6.45, 7) is 0.383. The summed E-state index contributed by atoms with van der Waals surface area (Å²) in [7, 11) is 4.88. The zero-order chi connectivity index (χ0) is 18.4. The molecule has 0 spiro atoms. The van der Waals surface area contributed by atoms with Crippen molar-refractivity contribution in [1.82, 2.24) is 4.90 Å². The van der Waals surface area contributed by atoms with E-state index in [2.05, 4.69) is 0 Å². The van der Waals surface area contributed by atoms with E-state index in [1.165, 1.54) is 6.08 Å². The van der Waals surface area contributed by atoms with Gasteiger partial charge < -0.3 is 14.4 Å². The van der Waals surface area contributed by atoms with Gasteiger partial charge in [-0.2, -0.15) is 0 Å². The first-order valence-electron chi connectivity index (χ1n) is 7.53. The number of carbonyl (C=O) groups is 1. The monoisotopic (exact) mass is 379 g/mol. The van der Waals surface area contributed by atoms with Crippen molar-refractivity contribution in [2.45, 2.75) is 6.54 Å². The van der Waals surface area contributed by atoms with Crippen molar-refractivity contribution in [3.8, 4) is 11.5 Å². The second kappa shape index (κ2) is 8.79. The van der Waals surface area contributed by atoms with Gasteiger partial charge in [0, 0.05) is 35.3 Å². The molecule has 0 heterocycles. The lowest BCUT2D eigenvalue weighted by atomic mass is 10.1. The van der Waals surface area contributed by atoms with Crippen LogP contribution >= 0.6 is 23.2 Å². The molecule has 0 bridgehead atoms. The van der Waals surface area contributed by atoms with Gasteiger partial charge in [-0.05, 0) is 42.0 Å². The Morgan fingerprint density at radius 2 is 1.88 bits per heavy atom. The second-order valence-electron chi connectivity index (χ2n) is 5.37. The van der Waals surface area contributed by atoms with Crippen molar-refractivity contribution in [2.24, 2.45) is 0 Å². The van der Waals surface area contributed by atoms with Crippen molar-refractivity contribution in [3.63, 3.8) is 0 Å². The topological polar surface area (TPSA) is 38.8 Å². The largest absolute Gasteiger partial charge is 0.497 e. The van der Waals surface area contributed by atoms with E-state index in [1.807, 2.05) is 6.07 Å². The Labute approximate surface area is 157 Å². The van der Waals surface area contributed by atoms with Crippen LogP contribution < -0.4 is 9.47 Å². The Balaban J connectivity index is 2.11. The fourth-order valence-electron chi connectivity index (χ4n) is 2.24. The molecule has 0 saturated heterocycles. The van der Waals surface area contributed by atoms with Gasteiger partial charge in [0.2, 0.25) is 5.91 Å². The van der Waals surface area contributed by atoms with Gasteiger partial charge in [0.1, 0.15) is 11.5 Å². The fourth-order valence-corrected chi connectivity index (χ4v) is 2.71. The first-order chi connectivity index (χ1) is 11.9. The van der Waals surface area contributed by atoms with Gasteiger partial charge in [0.15, 0.2) is 0 Å². The van der Waals surface area contributed by atoms with Crippen LogP contribution in [0.1, 0.15) is 11.1 Å². The van der Waals surface area contributed by atoms with E-state index in [0.717, 1.165) is 11.1 Å². The summed E-state index contributed by atoms with van der Waals surface area (Å²) in [5.74, 6) is 1.19. The summed E-state index contributed by atoms with van der Waals surface area (Å²) in [6, 6.07) is 10.6. The summed E-state index contributed by atoms with van der Waals surface area (Å²) in [5.41, 5.74) is 1.59. The Morgan fingerprint density at radius 3 is 2.52 bits per heavy atom.